The minimum atomic E-state index is -0.0223. The smallest absolute Gasteiger partial charge is 0.256 e. The Morgan fingerprint density at radius 1 is 1.44 bits per heavy atom. The van der Waals surface area contributed by atoms with Crippen LogP contribution in [0.15, 0.2) is 23.2 Å². The predicted molar refractivity (Wildman–Crippen MR) is 60.3 cm³/mol. The Bertz CT molecular complexity index is 482. The van der Waals surface area contributed by atoms with E-state index >= 15 is 0 Å². The zero-order chi connectivity index (χ0) is 11.1. The van der Waals surface area contributed by atoms with Crippen molar-refractivity contribution in [2.45, 2.75) is 18.9 Å². The summed E-state index contributed by atoms with van der Waals surface area (Å²) >= 11 is 0. The fourth-order valence-corrected chi connectivity index (χ4v) is 2.35. The number of phenolic OH excluding ortho intramolecular Hbond substituents is 1. The van der Waals surface area contributed by atoms with E-state index in [1.807, 2.05) is 4.90 Å². The number of rotatable bonds is 0. The van der Waals surface area contributed by atoms with E-state index < -0.39 is 0 Å². The van der Waals surface area contributed by atoms with Crippen molar-refractivity contribution in [2.24, 2.45) is 4.99 Å². The first-order valence-electron chi connectivity index (χ1n) is 5.44. The highest BCUT2D eigenvalue weighted by Crippen LogP contribution is 2.34. The van der Waals surface area contributed by atoms with E-state index in [4.69, 9.17) is 0 Å². The summed E-state index contributed by atoms with van der Waals surface area (Å²) in [6.07, 6.45) is 3.76. The van der Waals surface area contributed by atoms with E-state index in [9.17, 15) is 9.90 Å². The Labute approximate surface area is 93.2 Å². The highest BCUT2D eigenvalue weighted by Gasteiger charge is 2.32. The molecule has 4 heteroatoms. The van der Waals surface area contributed by atoms with Gasteiger partial charge in [0.2, 0.25) is 0 Å². The van der Waals surface area contributed by atoms with Gasteiger partial charge in [0, 0.05) is 12.8 Å². The van der Waals surface area contributed by atoms with Crippen molar-refractivity contribution >= 4 is 17.8 Å². The van der Waals surface area contributed by atoms with Crippen LogP contribution in [0.25, 0.3) is 0 Å². The number of para-hydroxylation sites is 1. The van der Waals surface area contributed by atoms with Gasteiger partial charge in [0.15, 0.2) is 0 Å². The lowest BCUT2D eigenvalue weighted by Gasteiger charge is -2.19. The number of fused-ring (bicyclic) bond motifs is 2. The molecule has 1 atom stereocenters. The Balaban J connectivity index is 2.16. The molecule has 0 aliphatic carbocycles. The SMILES string of the molecule is O=C1c2cccc(O)c2N=CC2CCCN12. The molecule has 0 radical (unpaired) electrons. The van der Waals surface area contributed by atoms with Crippen molar-refractivity contribution in [3.63, 3.8) is 0 Å². The molecule has 1 saturated heterocycles. The molecular formula is C12H12N2O2. The molecular weight excluding hydrogens is 204 g/mol. The van der Waals surface area contributed by atoms with Gasteiger partial charge in [0.25, 0.3) is 5.91 Å². The lowest BCUT2D eigenvalue weighted by atomic mass is 10.1. The van der Waals surface area contributed by atoms with Crippen LogP contribution in [0.4, 0.5) is 5.69 Å². The van der Waals surface area contributed by atoms with Gasteiger partial charge >= 0.3 is 0 Å². The van der Waals surface area contributed by atoms with E-state index in [2.05, 4.69) is 4.99 Å². The average molecular weight is 216 g/mol. The number of benzene rings is 1. The summed E-state index contributed by atoms with van der Waals surface area (Å²) in [7, 11) is 0. The van der Waals surface area contributed by atoms with Gasteiger partial charge in [-0.3, -0.25) is 9.79 Å². The molecule has 1 fully saturated rings. The highest BCUT2D eigenvalue weighted by molar-refractivity contribution is 6.03. The maximum absolute atomic E-state index is 12.2. The van der Waals surface area contributed by atoms with Crippen LogP contribution in [0.5, 0.6) is 5.75 Å². The van der Waals surface area contributed by atoms with E-state index in [0.29, 0.717) is 11.3 Å². The maximum atomic E-state index is 12.2. The minimum absolute atomic E-state index is 0.0223. The van der Waals surface area contributed by atoms with Crippen molar-refractivity contribution in [3.05, 3.63) is 23.8 Å². The average Bonchev–Trinajstić information content (AvgIpc) is 2.70. The lowest BCUT2D eigenvalue weighted by molar-refractivity contribution is 0.0774. The molecule has 1 N–H and O–H groups in total. The van der Waals surface area contributed by atoms with E-state index in [1.165, 1.54) is 0 Å². The summed E-state index contributed by atoms with van der Waals surface area (Å²) < 4.78 is 0. The first kappa shape index (κ1) is 9.39. The van der Waals surface area contributed by atoms with Crippen LogP contribution in [0, 0.1) is 0 Å². The zero-order valence-corrected chi connectivity index (χ0v) is 8.76. The van der Waals surface area contributed by atoms with Crippen LogP contribution < -0.4 is 0 Å². The number of hydrogen-bond donors (Lipinski definition) is 1. The summed E-state index contributed by atoms with van der Waals surface area (Å²) in [5.41, 5.74) is 0.905. The third-order valence-electron chi connectivity index (χ3n) is 3.18. The van der Waals surface area contributed by atoms with Gasteiger partial charge < -0.3 is 10.0 Å². The zero-order valence-electron chi connectivity index (χ0n) is 8.76. The summed E-state index contributed by atoms with van der Waals surface area (Å²) in [6.45, 7) is 0.782. The largest absolute Gasteiger partial charge is 0.506 e. The van der Waals surface area contributed by atoms with E-state index in [1.54, 1.807) is 24.4 Å². The number of aliphatic imine (C=N–C) groups is 1. The highest BCUT2D eigenvalue weighted by atomic mass is 16.3. The van der Waals surface area contributed by atoms with Gasteiger partial charge in [-0.1, -0.05) is 6.07 Å². The molecule has 0 aromatic heterocycles. The topological polar surface area (TPSA) is 52.9 Å². The number of aromatic hydroxyl groups is 1. The van der Waals surface area contributed by atoms with Crippen molar-refractivity contribution in [3.8, 4) is 5.75 Å². The van der Waals surface area contributed by atoms with Crippen LogP contribution >= 0.6 is 0 Å². The predicted octanol–water partition coefficient (Wildman–Crippen LogP) is 1.71. The van der Waals surface area contributed by atoms with Gasteiger partial charge in [0.1, 0.15) is 11.4 Å². The molecule has 1 unspecified atom stereocenters. The molecule has 2 heterocycles. The summed E-state index contributed by atoms with van der Waals surface area (Å²) in [5, 5.41) is 9.68. The summed E-state index contributed by atoms with van der Waals surface area (Å²) in [4.78, 5) is 18.3. The van der Waals surface area contributed by atoms with Gasteiger partial charge in [-0.2, -0.15) is 0 Å². The molecule has 2 aliphatic rings. The fourth-order valence-electron chi connectivity index (χ4n) is 2.35. The Kier molecular flexibility index (Phi) is 1.96. The number of carbonyl (C=O) groups excluding carboxylic acids is 1. The normalized spacial score (nSPS) is 22.9. The van der Waals surface area contributed by atoms with Gasteiger partial charge in [-0.25, -0.2) is 0 Å². The molecule has 3 rings (SSSR count). The molecule has 0 spiro atoms. The number of hydrogen-bond acceptors (Lipinski definition) is 3. The molecule has 1 aromatic rings. The van der Waals surface area contributed by atoms with Crippen molar-refractivity contribution < 1.29 is 9.90 Å². The van der Waals surface area contributed by atoms with Gasteiger partial charge in [-0.05, 0) is 25.0 Å². The first-order chi connectivity index (χ1) is 7.77. The van der Waals surface area contributed by atoms with Gasteiger partial charge in [-0.15, -0.1) is 0 Å². The fraction of sp³-hybridized carbons (Fsp3) is 0.333. The van der Waals surface area contributed by atoms with Crippen LogP contribution in [0.2, 0.25) is 0 Å². The summed E-state index contributed by atoms with van der Waals surface area (Å²) in [6, 6.07) is 5.05. The molecule has 2 aliphatic heterocycles. The number of phenols is 1. The number of amides is 1. The van der Waals surface area contributed by atoms with E-state index in [0.717, 1.165) is 19.4 Å². The second-order valence-electron chi connectivity index (χ2n) is 4.16. The van der Waals surface area contributed by atoms with E-state index in [-0.39, 0.29) is 17.7 Å². The van der Waals surface area contributed by atoms with Crippen LogP contribution in [0.3, 0.4) is 0 Å². The third-order valence-corrected chi connectivity index (χ3v) is 3.18. The molecule has 1 amide bonds. The van der Waals surface area contributed by atoms with Crippen LogP contribution in [0.1, 0.15) is 23.2 Å². The number of nitrogens with zero attached hydrogens (tertiary/aromatic N) is 2. The Morgan fingerprint density at radius 3 is 3.19 bits per heavy atom. The Hall–Kier alpha value is -1.84. The Morgan fingerprint density at radius 2 is 2.31 bits per heavy atom. The van der Waals surface area contributed by atoms with Crippen molar-refractivity contribution in [2.75, 3.05) is 6.54 Å². The number of carbonyl (C=O) groups is 1. The van der Waals surface area contributed by atoms with Crippen molar-refractivity contribution in [1.82, 2.24) is 4.90 Å². The molecule has 0 bridgehead atoms. The molecule has 1 aromatic carbocycles. The molecule has 16 heavy (non-hydrogen) atoms. The first-order valence-corrected chi connectivity index (χ1v) is 5.44. The maximum Gasteiger partial charge on any atom is 0.256 e. The van der Waals surface area contributed by atoms with Crippen molar-refractivity contribution in [1.29, 1.82) is 0 Å². The van der Waals surface area contributed by atoms with Crippen LogP contribution in [-0.2, 0) is 0 Å². The van der Waals surface area contributed by atoms with Gasteiger partial charge in [0.05, 0.1) is 11.6 Å². The monoisotopic (exact) mass is 216 g/mol. The second-order valence-corrected chi connectivity index (χ2v) is 4.16. The minimum Gasteiger partial charge on any atom is -0.506 e. The third kappa shape index (κ3) is 1.23. The lowest BCUT2D eigenvalue weighted by Crippen LogP contribution is -2.35. The quantitative estimate of drug-likeness (QED) is 0.717. The molecule has 82 valence electrons. The standard InChI is InChI=1S/C12H12N2O2/c15-10-5-1-4-9-11(10)13-7-8-3-2-6-14(8)12(9)16/h1,4-5,7-8,15H,2-3,6H2. The second kappa shape index (κ2) is 3.33. The van der Waals surface area contributed by atoms with Crippen LogP contribution in [-0.4, -0.2) is 34.7 Å². The molecule has 0 saturated carbocycles. The molecule has 4 nitrogen and oxygen atoms in total. The summed E-state index contributed by atoms with van der Waals surface area (Å²) in [5.74, 6) is 0.0502.